The van der Waals surface area contributed by atoms with Crippen LogP contribution in [0.25, 0.3) is 64.6 Å². The van der Waals surface area contributed by atoms with E-state index in [4.69, 9.17) is 28.4 Å². The van der Waals surface area contributed by atoms with Crippen LogP contribution in [0.15, 0.2) is 50.8 Å². The molecule has 0 spiro atoms. The van der Waals surface area contributed by atoms with E-state index < -0.39 is 0 Å². The highest BCUT2D eigenvalue weighted by Crippen LogP contribution is 2.48. The summed E-state index contributed by atoms with van der Waals surface area (Å²) >= 11 is 0. The number of unbranched alkanes of at least 4 members (excludes halogenated alkanes) is 30. The fourth-order valence-electron chi connectivity index (χ4n) is 12.6. The van der Waals surface area contributed by atoms with Gasteiger partial charge < -0.3 is 28.4 Å². The van der Waals surface area contributed by atoms with Gasteiger partial charge in [0.25, 0.3) is 0 Å². The maximum absolute atomic E-state index is 15.7. The summed E-state index contributed by atoms with van der Waals surface area (Å²) < 4.78 is 39.9. The van der Waals surface area contributed by atoms with Crippen LogP contribution in [0.2, 0.25) is 0 Å². The molecule has 9 nitrogen and oxygen atoms in total. The highest BCUT2D eigenvalue weighted by atomic mass is 16.5. The summed E-state index contributed by atoms with van der Waals surface area (Å²) in [6.07, 6.45) is 40.7. The van der Waals surface area contributed by atoms with Crippen LogP contribution in [0, 0.1) is 0 Å². The molecule has 0 heterocycles. The van der Waals surface area contributed by atoms with E-state index in [0.29, 0.717) is 139 Å². The Bertz CT molecular complexity index is 2830. The summed E-state index contributed by atoms with van der Waals surface area (Å²) in [7, 11) is 0. The predicted molar refractivity (Wildman–Crippen MR) is 357 cm³/mol. The minimum atomic E-state index is -0.239. The van der Waals surface area contributed by atoms with Crippen LogP contribution in [-0.4, -0.2) is 39.6 Å². The first-order chi connectivity index (χ1) is 41.3. The number of hydrogen-bond acceptors (Lipinski definition) is 9. The second-order valence-corrected chi connectivity index (χ2v) is 24.5. The van der Waals surface area contributed by atoms with Gasteiger partial charge in [0.05, 0.1) is 39.6 Å². The van der Waals surface area contributed by atoms with E-state index in [2.05, 4.69) is 41.5 Å². The first-order valence-corrected chi connectivity index (χ1v) is 34.5. The molecule has 7 aromatic rings. The van der Waals surface area contributed by atoms with Crippen LogP contribution in [0.3, 0.4) is 0 Å². The second-order valence-electron chi connectivity index (χ2n) is 24.5. The van der Waals surface area contributed by atoms with Crippen LogP contribution < -0.4 is 44.7 Å². The third-order valence-corrected chi connectivity index (χ3v) is 17.5. The molecule has 0 aliphatic carbocycles. The van der Waals surface area contributed by atoms with Gasteiger partial charge in [-0.1, -0.05) is 234 Å². The molecule has 0 amide bonds. The minimum absolute atomic E-state index is 0.239. The second kappa shape index (κ2) is 36.6. The van der Waals surface area contributed by atoms with Crippen molar-refractivity contribution in [3.05, 3.63) is 67.1 Å². The number of rotatable bonds is 48. The number of ether oxygens (including phenoxy) is 6. The Hall–Kier alpha value is -5.31. The predicted octanol–water partition coefficient (Wildman–Crippen LogP) is 21.4. The fourth-order valence-corrected chi connectivity index (χ4v) is 12.6. The summed E-state index contributed by atoms with van der Waals surface area (Å²) in [5, 5.41) is 5.90. The molecule has 0 N–H and O–H groups in total. The highest BCUT2D eigenvalue weighted by Gasteiger charge is 2.30. The van der Waals surface area contributed by atoms with E-state index in [-0.39, 0.29) is 16.3 Å². The van der Waals surface area contributed by atoms with E-state index in [1.807, 2.05) is 36.4 Å². The lowest BCUT2D eigenvalue weighted by molar-refractivity contribution is 0.259. The Balaban J connectivity index is 1.43. The molecule has 9 heteroatoms. The van der Waals surface area contributed by atoms with Crippen molar-refractivity contribution in [3.63, 3.8) is 0 Å². The zero-order chi connectivity index (χ0) is 59.3. The summed E-state index contributed by atoms with van der Waals surface area (Å²) in [6.45, 7) is 16.3. The van der Waals surface area contributed by atoms with Gasteiger partial charge in [0, 0.05) is 48.5 Å². The fraction of sp³-hybridized carbons (Fsp3) is 0.640. The van der Waals surface area contributed by atoms with Crippen LogP contribution in [0.1, 0.15) is 273 Å². The van der Waals surface area contributed by atoms with Gasteiger partial charge in [-0.05, 0) is 91.1 Å². The molecular formula is C75H108O9. The van der Waals surface area contributed by atoms with E-state index in [1.54, 1.807) is 0 Å². The van der Waals surface area contributed by atoms with Crippen molar-refractivity contribution in [2.75, 3.05) is 39.6 Å². The molecule has 0 saturated heterocycles. The molecule has 0 atom stereocenters. The summed E-state index contributed by atoms with van der Waals surface area (Å²) in [6, 6.07) is 11.4. The van der Waals surface area contributed by atoms with Crippen molar-refractivity contribution < 1.29 is 28.4 Å². The SMILES string of the molecule is CCCCCCCCCCOc1cc2c(cc1OCCCCCC)c(=O)c1c2c2c(=O)c3cc(OCCCCCC)c(OCCCCCCCCCC)cc3c2c2c(=O)c3cc(OCCCCCC)c(OCCCCCCCCCC)cc3c12. The maximum atomic E-state index is 15.7. The first kappa shape index (κ1) is 66.2. The zero-order valence-electron chi connectivity index (χ0n) is 53.3. The average Bonchev–Trinajstić information content (AvgIpc) is 1.77. The molecule has 0 aliphatic rings. The largest absolute Gasteiger partial charge is 0.490 e. The molecule has 7 rings (SSSR count). The molecular weight excluding hydrogens is 1040 g/mol. The lowest BCUT2D eigenvalue weighted by atomic mass is 9.99. The molecule has 84 heavy (non-hydrogen) atoms. The van der Waals surface area contributed by atoms with Crippen molar-refractivity contribution in [1.82, 2.24) is 0 Å². The molecule has 0 aromatic heterocycles. The van der Waals surface area contributed by atoms with Gasteiger partial charge in [0.1, 0.15) is 0 Å². The maximum Gasteiger partial charge on any atom is 0.195 e. The molecule has 0 aliphatic heterocycles. The normalized spacial score (nSPS) is 11.9. The van der Waals surface area contributed by atoms with Crippen molar-refractivity contribution in [2.45, 2.75) is 273 Å². The topological polar surface area (TPSA) is 107 Å². The highest BCUT2D eigenvalue weighted by molar-refractivity contribution is 6.43. The van der Waals surface area contributed by atoms with E-state index >= 15 is 14.4 Å². The first-order valence-electron chi connectivity index (χ1n) is 34.5. The summed E-state index contributed by atoms with van der Waals surface area (Å²) in [5.41, 5.74) is -0.717. The van der Waals surface area contributed by atoms with Crippen molar-refractivity contribution in [1.29, 1.82) is 0 Å². The zero-order valence-corrected chi connectivity index (χ0v) is 53.3. The minimum Gasteiger partial charge on any atom is -0.490 e. The van der Waals surface area contributed by atoms with Gasteiger partial charge >= 0.3 is 0 Å². The molecule has 0 unspecified atom stereocenters. The monoisotopic (exact) mass is 1150 g/mol. The third kappa shape index (κ3) is 17.9. The standard InChI is InChI=1S/C75H108O9/c1-7-13-19-25-28-31-34-40-46-79-61-49-55-58(52-64(61)82-43-37-22-16-10-4)73(76)70-67(55)71-69(56-50-62(80-47-41-35-32-29-26-20-14-8-2)65(53-59(56)74(71)77)83-44-38-23-17-11-5)72-68(70)57-51-63(81-48-42-36-33-30-27-21-15-9-3)66(54-60(57)75(72)78)84-45-39-24-18-12-6/h49-54H,7-48H2,1-6H3. The summed E-state index contributed by atoms with van der Waals surface area (Å²) in [5.74, 6) is 3.28. The molecule has 0 bridgehead atoms. The van der Waals surface area contributed by atoms with Crippen LogP contribution in [0.4, 0.5) is 0 Å². The summed E-state index contributed by atoms with van der Waals surface area (Å²) in [4.78, 5) is 47.2. The molecule has 462 valence electrons. The number of fused-ring (bicyclic) bond motifs is 12. The number of hydrogen-bond donors (Lipinski definition) is 0. The Morgan fingerprint density at radius 1 is 0.202 bits per heavy atom. The van der Waals surface area contributed by atoms with Crippen LogP contribution in [-0.2, 0) is 0 Å². The van der Waals surface area contributed by atoms with Gasteiger partial charge in [0.15, 0.2) is 50.8 Å². The van der Waals surface area contributed by atoms with E-state index in [1.165, 1.54) is 96.3 Å². The Kier molecular flexibility index (Phi) is 28.9. The number of benzene rings is 4. The Morgan fingerprint density at radius 3 is 0.548 bits per heavy atom. The Labute approximate surface area is 504 Å². The molecule has 0 saturated carbocycles. The van der Waals surface area contributed by atoms with Gasteiger partial charge in [-0.25, -0.2) is 0 Å². The van der Waals surface area contributed by atoms with Crippen molar-refractivity contribution in [2.24, 2.45) is 0 Å². The molecule has 0 fully saturated rings. The lowest BCUT2D eigenvalue weighted by Gasteiger charge is -2.14. The van der Waals surface area contributed by atoms with Crippen molar-refractivity contribution >= 4 is 64.6 Å². The van der Waals surface area contributed by atoms with Crippen molar-refractivity contribution in [3.8, 4) is 34.5 Å². The molecule has 7 aromatic carbocycles. The van der Waals surface area contributed by atoms with E-state index in [0.717, 1.165) is 135 Å². The van der Waals surface area contributed by atoms with Gasteiger partial charge in [-0.3, -0.25) is 14.4 Å². The average molecular weight is 1150 g/mol. The van der Waals surface area contributed by atoms with Gasteiger partial charge in [-0.15, -0.1) is 0 Å². The quantitative estimate of drug-likeness (QED) is 0.0345. The Morgan fingerprint density at radius 2 is 0.357 bits per heavy atom. The van der Waals surface area contributed by atoms with Gasteiger partial charge in [0.2, 0.25) is 0 Å². The van der Waals surface area contributed by atoms with Gasteiger partial charge in [-0.2, -0.15) is 0 Å². The molecule has 0 radical (unpaired) electrons. The third-order valence-electron chi connectivity index (χ3n) is 17.5. The van der Waals surface area contributed by atoms with Crippen LogP contribution in [0.5, 0.6) is 34.5 Å². The van der Waals surface area contributed by atoms with Crippen LogP contribution >= 0.6 is 0 Å². The lowest BCUT2D eigenvalue weighted by Crippen LogP contribution is -2.04. The van der Waals surface area contributed by atoms with E-state index in [9.17, 15) is 0 Å². The smallest absolute Gasteiger partial charge is 0.195 e.